The standard InChI is InChI=1S/C14H23N3O4/c18-9-11(19)8-17-12(13(14(20)21)15-16-17)7-6-10-4-2-1-3-5-10/h10-11,18-19H,1-9H2,(H,20,21). The van der Waals surface area contributed by atoms with Crippen LogP contribution in [0.5, 0.6) is 0 Å². The number of nitrogens with zero attached hydrogens (tertiary/aromatic N) is 3. The van der Waals surface area contributed by atoms with E-state index in [0.717, 1.165) is 6.42 Å². The van der Waals surface area contributed by atoms with Gasteiger partial charge in [0.1, 0.15) is 0 Å². The van der Waals surface area contributed by atoms with Crippen molar-refractivity contribution in [3.05, 3.63) is 11.4 Å². The lowest BCUT2D eigenvalue weighted by atomic mass is 9.85. The average molecular weight is 297 g/mol. The molecule has 7 nitrogen and oxygen atoms in total. The van der Waals surface area contributed by atoms with E-state index in [1.165, 1.54) is 36.8 Å². The van der Waals surface area contributed by atoms with Gasteiger partial charge in [-0.1, -0.05) is 37.3 Å². The second kappa shape index (κ2) is 7.51. The molecule has 2 rings (SSSR count). The van der Waals surface area contributed by atoms with Crippen molar-refractivity contribution >= 4 is 5.97 Å². The molecule has 0 aromatic carbocycles. The number of carboxylic acid groups (broad SMARTS) is 1. The van der Waals surface area contributed by atoms with Gasteiger partial charge in [0.25, 0.3) is 0 Å². The van der Waals surface area contributed by atoms with E-state index in [9.17, 15) is 15.0 Å². The predicted octanol–water partition coefficient (Wildman–Crippen LogP) is 0.842. The number of carbonyl (C=O) groups is 1. The van der Waals surface area contributed by atoms with Crippen LogP contribution in [0.15, 0.2) is 0 Å². The van der Waals surface area contributed by atoms with Gasteiger partial charge < -0.3 is 15.3 Å². The molecule has 0 aliphatic heterocycles. The van der Waals surface area contributed by atoms with Crippen molar-refractivity contribution in [3.63, 3.8) is 0 Å². The van der Waals surface area contributed by atoms with Crippen LogP contribution < -0.4 is 0 Å². The lowest BCUT2D eigenvalue weighted by Gasteiger charge is -2.21. The van der Waals surface area contributed by atoms with Crippen molar-refractivity contribution in [1.29, 1.82) is 0 Å². The number of aromatic nitrogens is 3. The minimum absolute atomic E-state index is 0.0454. The summed E-state index contributed by atoms with van der Waals surface area (Å²) >= 11 is 0. The monoisotopic (exact) mass is 297 g/mol. The third-order valence-electron chi connectivity index (χ3n) is 4.15. The Kier molecular flexibility index (Phi) is 5.69. The Balaban J connectivity index is 2.06. The molecule has 1 aromatic heterocycles. The molecule has 1 saturated carbocycles. The van der Waals surface area contributed by atoms with Crippen LogP contribution in [0.1, 0.15) is 54.7 Å². The van der Waals surface area contributed by atoms with Crippen molar-refractivity contribution in [3.8, 4) is 0 Å². The van der Waals surface area contributed by atoms with Crippen LogP contribution in [0, 0.1) is 5.92 Å². The Labute approximate surface area is 123 Å². The minimum atomic E-state index is -1.10. The zero-order chi connectivity index (χ0) is 15.2. The lowest BCUT2D eigenvalue weighted by molar-refractivity contribution is 0.0687. The molecule has 1 aromatic rings. The molecule has 1 atom stereocenters. The van der Waals surface area contributed by atoms with Gasteiger partial charge in [-0.05, 0) is 18.8 Å². The first-order valence-corrected chi connectivity index (χ1v) is 7.56. The van der Waals surface area contributed by atoms with Crippen LogP contribution in [-0.2, 0) is 13.0 Å². The zero-order valence-electron chi connectivity index (χ0n) is 12.1. The van der Waals surface area contributed by atoms with Crippen LogP contribution >= 0.6 is 0 Å². The third-order valence-corrected chi connectivity index (χ3v) is 4.15. The summed E-state index contributed by atoms with van der Waals surface area (Å²) in [6, 6.07) is 0. The number of hydrogen-bond acceptors (Lipinski definition) is 5. The smallest absolute Gasteiger partial charge is 0.358 e. The fourth-order valence-corrected chi connectivity index (χ4v) is 2.97. The van der Waals surface area contributed by atoms with Crippen LogP contribution in [0.4, 0.5) is 0 Å². The molecule has 1 unspecified atom stereocenters. The molecule has 21 heavy (non-hydrogen) atoms. The number of carboxylic acids is 1. The summed E-state index contributed by atoms with van der Waals surface area (Å²) in [6.45, 7) is -0.318. The van der Waals surface area contributed by atoms with Crippen molar-refractivity contribution in [2.24, 2.45) is 5.92 Å². The van der Waals surface area contributed by atoms with Gasteiger partial charge in [-0.3, -0.25) is 0 Å². The molecule has 0 spiro atoms. The summed E-state index contributed by atoms with van der Waals surface area (Å²) in [5, 5.41) is 35.1. The van der Waals surface area contributed by atoms with Gasteiger partial charge in [0.2, 0.25) is 0 Å². The van der Waals surface area contributed by atoms with Gasteiger partial charge in [-0.25, -0.2) is 9.48 Å². The highest BCUT2D eigenvalue weighted by Gasteiger charge is 2.22. The van der Waals surface area contributed by atoms with Crippen molar-refractivity contribution in [1.82, 2.24) is 15.0 Å². The number of aliphatic hydroxyl groups is 2. The predicted molar refractivity (Wildman–Crippen MR) is 75.0 cm³/mol. The molecule has 0 radical (unpaired) electrons. The molecule has 1 heterocycles. The molecule has 1 fully saturated rings. The highest BCUT2D eigenvalue weighted by Crippen LogP contribution is 2.27. The van der Waals surface area contributed by atoms with E-state index in [1.54, 1.807) is 0 Å². The average Bonchev–Trinajstić information content (AvgIpc) is 2.89. The summed E-state index contributed by atoms with van der Waals surface area (Å²) in [4.78, 5) is 11.2. The molecular weight excluding hydrogens is 274 g/mol. The molecule has 7 heteroatoms. The molecule has 1 aliphatic carbocycles. The van der Waals surface area contributed by atoms with Gasteiger partial charge >= 0.3 is 5.97 Å². The van der Waals surface area contributed by atoms with Gasteiger partial charge in [0, 0.05) is 0 Å². The highest BCUT2D eigenvalue weighted by atomic mass is 16.4. The number of aromatic carboxylic acids is 1. The fraction of sp³-hybridized carbons (Fsp3) is 0.786. The van der Waals surface area contributed by atoms with E-state index in [-0.39, 0.29) is 18.8 Å². The SMILES string of the molecule is O=C(O)c1nnn(CC(O)CO)c1CCC1CCCCC1. The third kappa shape index (κ3) is 4.25. The molecule has 0 bridgehead atoms. The number of aliphatic hydroxyl groups excluding tert-OH is 2. The lowest BCUT2D eigenvalue weighted by Crippen LogP contribution is -2.23. The first kappa shape index (κ1) is 15.9. The number of hydrogen-bond donors (Lipinski definition) is 3. The maximum Gasteiger partial charge on any atom is 0.358 e. The second-order valence-corrected chi connectivity index (χ2v) is 5.75. The van der Waals surface area contributed by atoms with E-state index in [2.05, 4.69) is 10.3 Å². The first-order chi connectivity index (χ1) is 10.1. The maximum absolute atomic E-state index is 11.2. The second-order valence-electron chi connectivity index (χ2n) is 5.75. The summed E-state index contributed by atoms with van der Waals surface area (Å²) in [6.07, 6.45) is 6.74. The molecule has 3 N–H and O–H groups in total. The number of rotatable bonds is 7. The van der Waals surface area contributed by atoms with E-state index >= 15 is 0 Å². The van der Waals surface area contributed by atoms with Gasteiger partial charge in [0.05, 0.1) is 24.9 Å². The van der Waals surface area contributed by atoms with Crippen molar-refractivity contribution in [2.45, 2.75) is 57.6 Å². The van der Waals surface area contributed by atoms with Crippen LogP contribution in [-0.4, -0.2) is 49.0 Å². The van der Waals surface area contributed by atoms with Crippen LogP contribution in [0.2, 0.25) is 0 Å². The van der Waals surface area contributed by atoms with Gasteiger partial charge in [-0.15, -0.1) is 5.10 Å². The van der Waals surface area contributed by atoms with Crippen molar-refractivity contribution in [2.75, 3.05) is 6.61 Å². The minimum Gasteiger partial charge on any atom is -0.476 e. The maximum atomic E-state index is 11.2. The van der Waals surface area contributed by atoms with E-state index in [0.29, 0.717) is 18.0 Å². The molecule has 0 saturated heterocycles. The summed E-state index contributed by atoms with van der Waals surface area (Å²) < 4.78 is 1.41. The Hall–Kier alpha value is -1.47. The first-order valence-electron chi connectivity index (χ1n) is 7.56. The largest absolute Gasteiger partial charge is 0.476 e. The molecule has 1 aliphatic rings. The Morgan fingerprint density at radius 2 is 2.05 bits per heavy atom. The highest BCUT2D eigenvalue weighted by molar-refractivity contribution is 5.86. The summed E-state index contributed by atoms with van der Waals surface area (Å²) in [7, 11) is 0. The fourth-order valence-electron chi connectivity index (χ4n) is 2.97. The van der Waals surface area contributed by atoms with E-state index < -0.39 is 12.1 Å². The van der Waals surface area contributed by atoms with Crippen LogP contribution in [0.3, 0.4) is 0 Å². The quantitative estimate of drug-likeness (QED) is 0.688. The topological polar surface area (TPSA) is 108 Å². The summed E-state index contributed by atoms with van der Waals surface area (Å²) in [5.74, 6) is -0.468. The van der Waals surface area contributed by atoms with E-state index in [4.69, 9.17) is 5.11 Å². The van der Waals surface area contributed by atoms with E-state index in [1.807, 2.05) is 0 Å². The Morgan fingerprint density at radius 1 is 1.33 bits per heavy atom. The van der Waals surface area contributed by atoms with Crippen molar-refractivity contribution < 1.29 is 20.1 Å². The van der Waals surface area contributed by atoms with Gasteiger partial charge in [-0.2, -0.15) is 0 Å². The van der Waals surface area contributed by atoms with Gasteiger partial charge in [0.15, 0.2) is 5.69 Å². The molecule has 118 valence electrons. The normalized spacial score (nSPS) is 17.8. The molecular formula is C14H23N3O4. The zero-order valence-corrected chi connectivity index (χ0v) is 12.1. The Bertz CT molecular complexity index is 469. The summed E-state index contributed by atoms with van der Waals surface area (Å²) in [5.41, 5.74) is 0.497. The van der Waals surface area contributed by atoms with Crippen LogP contribution in [0.25, 0.3) is 0 Å². The Morgan fingerprint density at radius 3 is 2.67 bits per heavy atom. The molecule has 0 amide bonds.